The molecule has 0 spiro atoms. The lowest BCUT2D eigenvalue weighted by Crippen LogP contribution is -2.26. The SMILES string of the molecule is CCOC(=O)Cc1oc2c(c1-c1ccc3c(c1)OCO3)C(=O)CC(C)(C)C2. The Morgan fingerprint density at radius 2 is 1.93 bits per heavy atom. The first-order valence-corrected chi connectivity index (χ1v) is 9.11. The number of Topliss-reactive ketones (excluding diaryl/α,β-unsaturated/α-hetero) is 1. The van der Waals surface area contributed by atoms with Crippen molar-refractivity contribution < 1.29 is 28.2 Å². The molecule has 0 N–H and O–H groups in total. The largest absolute Gasteiger partial charge is 0.466 e. The molecule has 0 atom stereocenters. The minimum Gasteiger partial charge on any atom is -0.466 e. The molecule has 2 aliphatic rings. The second-order valence-electron chi connectivity index (χ2n) is 7.69. The molecule has 142 valence electrons. The third-order valence-electron chi connectivity index (χ3n) is 4.88. The van der Waals surface area contributed by atoms with Crippen molar-refractivity contribution in [3.63, 3.8) is 0 Å². The zero-order valence-electron chi connectivity index (χ0n) is 15.7. The summed E-state index contributed by atoms with van der Waals surface area (Å²) in [6.07, 6.45) is 1.07. The Kier molecular flexibility index (Phi) is 4.21. The molecule has 1 aromatic carbocycles. The normalized spacial score (nSPS) is 16.9. The van der Waals surface area contributed by atoms with Crippen molar-refractivity contribution in [2.75, 3.05) is 13.4 Å². The van der Waals surface area contributed by atoms with Crippen molar-refractivity contribution >= 4 is 11.8 Å². The van der Waals surface area contributed by atoms with E-state index in [1.165, 1.54) is 0 Å². The Balaban J connectivity index is 1.84. The molecule has 2 aromatic rings. The predicted molar refractivity (Wildman–Crippen MR) is 97.0 cm³/mol. The van der Waals surface area contributed by atoms with Crippen LogP contribution in [0.2, 0.25) is 0 Å². The maximum atomic E-state index is 12.9. The number of carbonyl (C=O) groups excluding carboxylic acids is 2. The number of esters is 1. The minimum absolute atomic E-state index is 0.0156. The smallest absolute Gasteiger partial charge is 0.313 e. The molecule has 4 rings (SSSR count). The average molecular weight is 370 g/mol. The number of benzene rings is 1. The van der Waals surface area contributed by atoms with E-state index in [4.69, 9.17) is 18.6 Å². The van der Waals surface area contributed by atoms with Crippen LogP contribution < -0.4 is 9.47 Å². The molecule has 27 heavy (non-hydrogen) atoms. The van der Waals surface area contributed by atoms with Gasteiger partial charge in [-0.1, -0.05) is 19.9 Å². The zero-order chi connectivity index (χ0) is 19.2. The fraction of sp³-hybridized carbons (Fsp3) is 0.429. The first-order chi connectivity index (χ1) is 12.9. The van der Waals surface area contributed by atoms with Gasteiger partial charge in [-0.2, -0.15) is 0 Å². The van der Waals surface area contributed by atoms with E-state index in [0.29, 0.717) is 53.6 Å². The van der Waals surface area contributed by atoms with Gasteiger partial charge in [-0.05, 0) is 30.0 Å². The molecule has 2 heterocycles. The number of hydrogen-bond donors (Lipinski definition) is 0. The van der Waals surface area contributed by atoms with Crippen LogP contribution in [0.1, 0.15) is 49.1 Å². The third kappa shape index (κ3) is 3.20. The van der Waals surface area contributed by atoms with Gasteiger partial charge in [0.2, 0.25) is 6.79 Å². The van der Waals surface area contributed by atoms with E-state index in [9.17, 15) is 9.59 Å². The maximum absolute atomic E-state index is 12.9. The Morgan fingerprint density at radius 3 is 2.70 bits per heavy atom. The molecule has 0 saturated heterocycles. The summed E-state index contributed by atoms with van der Waals surface area (Å²) in [7, 11) is 0. The Bertz CT molecular complexity index is 921. The molecule has 0 amide bonds. The van der Waals surface area contributed by atoms with Crippen molar-refractivity contribution in [1.82, 2.24) is 0 Å². The molecule has 1 aliphatic carbocycles. The third-order valence-corrected chi connectivity index (χ3v) is 4.88. The average Bonchev–Trinajstić information content (AvgIpc) is 3.17. The van der Waals surface area contributed by atoms with Crippen molar-refractivity contribution in [3.8, 4) is 22.6 Å². The van der Waals surface area contributed by atoms with Crippen LogP contribution >= 0.6 is 0 Å². The van der Waals surface area contributed by atoms with E-state index in [1.54, 1.807) is 6.92 Å². The number of ether oxygens (including phenoxy) is 3. The Labute approximate surface area is 157 Å². The predicted octanol–water partition coefficient (Wildman–Crippen LogP) is 3.94. The van der Waals surface area contributed by atoms with E-state index < -0.39 is 0 Å². The van der Waals surface area contributed by atoms with Crippen LogP contribution in [0.3, 0.4) is 0 Å². The highest BCUT2D eigenvalue weighted by atomic mass is 16.7. The van der Waals surface area contributed by atoms with E-state index in [2.05, 4.69) is 0 Å². The summed E-state index contributed by atoms with van der Waals surface area (Å²) < 4.78 is 22.0. The molecule has 0 saturated carbocycles. The van der Waals surface area contributed by atoms with Crippen LogP contribution in [0.5, 0.6) is 11.5 Å². The highest BCUT2D eigenvalue weighted by molar-refractivity contribution is 6.05. The molecule has 0 radical (unpaired) electrons. The Hall–Kier alpha value is -2.76. The highest BCUT2D eigenvalue weighted by Gasteiger charge is 2.38. The molecule has 0 fully saturated rings. The van der Waals surface area contributed by atoms with Crippen molar-refractivity contribution in [3.05, 3.63) is 35.3 Å². The molecule has 0 unspecified atom stereocenters. The number of furan rings is 1. The number of ketones is 1. The monoisotopic (exact) mass is 370 g/mol. The van der Waals surface area contributed by atoms with Gasteiger partial charge in [0.05, 0.1) is 12.2 Å². The summed E-state index contributed by atoms with van der Waals surface area (Å²) in [4.78, 5) is 25.0. The summed E-state index contributed by atoms with van der Waals surface area (Å²) >= 11 is 0. The zero-order valence-corrected chi connectivity index (χ0v) is 15.7. The second-order valence-corrected chi connectivity index (χ2v) is 7.69. The van der Waals surface area contributed by atoms with Gasteiger partial charge in [-0.25, -0.2) is 0 Å². The van der Waals surface area contributed by atoms with Crippen molar-refractivity contribution in [2.45, 2.75) is 40.0 Å². The molecular weight excluding hydrogens is 348 g/mol. The fourth-order valence-electron chi connectivity index (χ4n) is 3.79. The summed E-state index contributed by atoms with van der Waals surface area (Å²) in [5.41, 5.74) is 1.84. The second kappa shape index (κ2) is 6.44. The lowest BCUT2D eigenvalue weighted by atomic mass is 9.75. The summed E-state index contributed by atoms with van der Waals surface area (Å²) in [5, 5.41) is 0. The lowest BCUT2D eigenvalue weighted by molar-refractivity contribution is -0.142. The van der Waals surface area contributed by atoms with Gasteiger partial charge in [0.1, 0.15) is 17.9 Å². The van der Waals surface area contributed by atoms with Crippen molar-refractivity contribution in [2.24, 2.45) is 5.41 Å². The van der Waals surface area contributed by atoms with Crippen LogP contribution in [0.25, 0.3) is 11.1 Å². The van der Waals surface area contributed by atoms with Gasteiger partial charge < -0.3 is 18.6 Å². The van der Waals surface area contributed by atoms with E-state index in [1.807, 2.05) is 32.0 Å². The summed E-state index contributed by atoms with van der Waals surface area (Å²) in [5.74, 6) is 2.04. The van der Waals surface area contributed by atoms with Gasteiger partial charge in [-0.3, -0.25) is 9.59 Å². The molecule has 1 aliphatic heterocycles. The molecule has 6 heteroatoms. The van der Waals surface area contributed by atoms with E-state index in [-0.39, 0.29) is 30.4 Å². The first-order valence-electron chi connectivity index (χ1n) is 9.11. The molecular formula is C21H22O6. The first kappa shape index (κ1) is 17.6. The van der Waals surface area contributed by atoms with Gasteiger partial charge >= 0.3 is 5.97 Å². The topological polar surface area (TPSA) is 75.0 Å². The number of rotatable bonds is 4. The number of hydrogen-bond acceptors (Lipinski definition) is 6. The van der Waals surface area contributed by atoms with Crippen molar-refractivity contribution in [1.29, 1.82) is 0 Å². The lowest BCUT2D eigenvalue weighted by Gasteiger charge is -2.27. The van der Waals surface area contributed by atoms with Crippen LogP contribution in [-0.2, 0) is 22.4 Å². The van der Waals surface area contributed by atoms with Gasteiger partial charge in [0, 0.05) is 18.4 Å². The van der Waals surface area contributed by atoms with Crippen LogP contribution in [-0.4, -0.2) is 25.2 Å². The fourth-order valence-corrected chi connectivity index (χ4v) is 3.79. The van der Waals surface area contributed by atoms with Gasteiger partial charge in [0.25, 0.3) is 0 Å². The number of fused-ring (bicyclic) bond motifs is 2. The van der Waals surface area contributed by atoms with E-state index in [0.717, 1.165) is 5.56 Å². The van der Waals surface area contributed by atoms with Crippen LogP contribution in [0.15, 0.2) is 22.6 Å². The molecule has 1 aromatic heterocycles. The quantitative estimate of drug-likeness (QED) is 0.759. The summed E-state index contributed by atoms with van der Waals surface area (Å²) in [6, 6.07) is 5.50. The Morgan fingerprint density at radius 1 is 1.15 bits per heavy atom. The number of carbonyl (C=O) groups is 2. The van der Waals surface area contributed by atoms with Crippen LogP contribution in [0.4, 0.5) is 0 Å². The van der Waals surface area contributed by atoms with Gasteiger partial charge in [0.15, 0.2) is 17.3 Å². The molecule has 6 nitrogen and oxygen atoms in total. The maximum Gasteiger partial charge on any atom is 0.313 e. The van der Waals surface area contributed by atoms with E-state index >= 15 is 0 Å². The highest BCUT2D eigenvalue weighted by Crippen LogP contribution is 2.44. The minimum atomic E-state index is -0.378. The summed E-state index contributed by atoms with van der Waals surface area (Å²) in [6.45, 7) is 6.31. The standard InChI is InChI=1S/C21H22O6/c1-4-24-18(23)8-16-19(12-5-6-14-15(7-12)26-11-25-14)20-13(22)9-21(2,3)10-17(20)27-16/h5-7H,4,8-11H2,1-3H3. The molecule has 0 bridgehead atoms. The van der Waals surface area contributed by atoms with Crippen LogP contribution in [0, 0.1) is 5.41 Å². The van der Waals surface area contributed by atoms with Gasteiger partial charge in [-0.15, -0.1) is 0 Å².